The number of aliphatic carboxylic acids is 2. The van der Waals surface area contributed by atoms with Crippen molar-refractivity contribution in [3.63, 3.8) is 0 Å². The molecule has 1 aromatic heterocycles. The van der Waals surface area contributed by atoms with E-state index in [1.807, 2.05) is 26.2 Å². The second-order valence-corrected chi connectivity index (χ2v) is 7.06. The second kappa shape index (κ2) is 6.79. The van der Waals surface area contributed by atoms with E-state index in [0.717, 1.165) is 5.56 Å². The van der Waals surface area contributed by atoms with Gasteiger partial charge in [-0.3, -0.25) is 9.59 Å². The van der Waals surface area contributed by atoms with Crippen LogP contribution in [0.1, 0.15) is 38.8 Å². The molecule has 0 spiro atoms. The number of hydrogen-bond acceptors (Lipinski definition) is 5. The molecule has 0 bridgehead atoms. The van der Waals surface area contributed by atoms with Gasteiger partial charge in [0.2, 0.25) is 0 Å². The van der Waals surface area contributed by atoms with Crippen LogP contribution >= 0.6 is 11.3 Å². The molecule has 0 fully saturated rings. The molecule has 22 heavy (non-hydrogen) atoms. The van der Waals surface area contributed by atoms with Gasteiger partial charge < -0.3 is 15.1 Å². The SMILES string of the molecule is CC(CN(CC(=O)O)c1scc(C(C)(C)C)c1C#N)C(=O)O. The summed E-state index contributed by atoms with van der Waals surface area (Å²) in [6.45, 7) is 7.14. The highest BCUT2D eigenvalue weighted by molar-refractivity contribution is 7.14. The lowest BCUT2D eigenvalue weighted by atomic mass is 9.86. The van der Waals surface area contributed by atoms with Crippen molar-refractivity contribution in [2.75, 3.05) is 18.0 Å². The highest BCUT2D eigenvalue weighted by Gasteiger charge is 2.27. The maximum atomic E-state index is 11.1. The molecule has 1 atom stereocenters. The first-order valence-corrected chi connectivity index (χ1v) is 7.67. The van der Waals surface area contributed by atoms with E-state index in [9.17, 15) is 14.9 Å². The van der Waals surface area contributed by atoms with Gasteiger partial charge in [0.1, 0.15) is 17.6 Å². The van der Waals surface area contributed by atoms with Gasteiger partial charge in [-0.05, 0) is 16.4 Å². The predicted octanol–water partition coefficient (Wildman–Crippen LogP) is 2.53. The van der Waals surface area contributed by atoms with Crippen molar-refractivity contribution in [1.82, 2.24) is 0 Å². The summed E-state index contributed by atoms with van der Waals surface area (Å²) >= 11 is 1.28. The smallest absolute Gasteiger partial charge is 0.323 e. The maximum absolute atomic E-state index is 11.1. The number of carboxylic acid groups (broad SMARTS) is 2. The van der Waals surface area contributed by atoms with Crippen LogP contribution in [0.5, 0.6) is 0 Å². The molecule has 7 heteroatoms. The van der Waals surface area contributed by atoms with Gasteiger partial charge in [0, 0.05) is 6.54 Å². The number of hydrogen-bond donors (Lipinski definition) is 2. The zero-order chi connectivity index (χ0) is 17.1. The molecule has 0 aliphatic rings. The van der Waals surface area contributed by atoms with Crippen molar-refractivity contribution in [3.8, 4) is 6.07 Å². The molecule has 1 aromatic rings. The summed E-state index contributed by atoms with van der Waals surface area (Å²) in [5.74, 6) is -2.79. The lowest BCUT2D eigenvalue weighted by Gasteiger charge is -2.24. The molecule has 6 nitrogen and oxygen atoms in total. The Kier molecular flexibility index (Phi) is 5.55. The lowest BCUT2D eigenvalue weighted by Crippen LogP contribution is -2.36. The Morgan fingerprint density at radius 3 is 2.41 bits per heavy atom. The van der Waals surface area contributed by atoms with Crippen molar-refractivity contribution in [2.24, 2.45) is 5.92 Å². The van der Waals surface area contributed by atoms with Crippen molar-refractivity contribution in [3.05, 3.63) is 16.5 Å². The first-order valence-electron chi connectivity index (χ1n) is 6.79. The fraction of sp³-hybridized carbons (Fsp3) is 0.533. The molecule has 1 heterocycles. The monoisotopic (exact) mass is 324 g/mol. The number of carboxylic acids is 2. The van der Waals surface area contributed by atoms with Gasteiger partial charge in [0.05, 0.1) is 11.5 Å². The van der Waals surface area contributed by atoms with Gasteiger partial charge in [0.25, 0.3) is 0 Å². The van der Waals surface area contributed by atoms with Gasteiger partial charge in [-0.25, -0.2) is 0 Å². The highest BCUT2D eigenvalue weighted by Crippen LogP contribution is 2.37. The first-order chi connectivity index (χ1) is 10.1. The van der Waals surface area contributed by atoms with E-state index < -0.39 is 17.9 Å². The molecule has 0 aliphatic carbocycles. The summed E-state index contributed by atoms with van der Waals surface area (Å²) in [6, 6.07) is 2.14. The second-order valence-electron chi connectivity index (χ2n) is 6.20. The molecule has 0 aromatic carbocycles. The fourth-order valence-corrected chi connectivity index (χ4v) is 3.29. The molecule has 120 valence electrons. The minimum absolute atomic E-state index is 0.0421. The number of nitriles is 1. The molecule has 0 aliphatic heterocycles. The Hall–Kier alpha value is -2.07. The lowest BCUT2D eigenvalue weighted by molar-refractivity contribution is -0.141. The van der Waals surface area contributed by atoms with E-state index in [0.29, 0.717) is 10.6 Å². The predicted molar refractivity (Wildman–Crippen MR) is 84.4 cm³/mol. The molecule has 2 N–H and O–H groups in total. The minimum Gasteiger partial charge on any atom is -0.481 e. The van der Waals surface area contributed by atoms with E-state index in [-0.39, 0.29) is 18.5 Å². The molecular weight excluding hydrogens is 304 g/mol. The van der Waals surface area contributed by atoms with Gasteiger partial charge in [-0.2, -0.15) is 5.26 Å². The molecule has 0 saturated heterocycles. The third-order valence-electron chi connectivity index (χ3n) is 3.22. The van der Waals surface area contributed by atoms with Crippen molar-refractivity contribution < 1.29 is 19.8 Å². The Balaban J connectivity index is 3.26. The zero-order valence-corrected chi connectivity index (χ0v) is 13.9. The molecule has 0 radical (unpaired) electrons. The summed E-state index contributed by atoms with van der Waals surface area (Å²) in [5, 5.41) is 29.9. The van der Waals surface area contributed by atoms with Crippen molar-refractivity contribution in [1.29, 1.82) is 5.26 Å². The number of nitrogens with zero attached hydrogens (tertiary/aromatic N) is 2. The van der Waals surface area contributed by atoms with Crippen LogP contribution < -0.4 is 4.90 Å². The Morgan fingerprint density at radius 1 is 1.41 bits per heavy atom. The summed E-state index contributed by atoms with van der Waals surface area (Å²) < 4.78 is 0. The van der Waals surface area contributed by atoms with Gasteiger partial charge in [-0.1, -0.05) is 27.7 Å². The average molecular weight is 324 g/mol. The van der Waals surface area contributed by atoms with Crippen LogP contribution in [-0.2, 0) is 15.0 Å². The van der Waals surface area contributed by atoms with Crippen LogP contribution in [0.15, 0.2) is 5.38 Å². The Labute approximate surface area is 133 Å². The van der Waals surface area contributed by atoms with E-state index in [4.69, 9.17) is 10.2 Å². The Morgan fingerprint density at radius 2 is 2.00 bits per heavy atom. The summed E-state index contributed by atoms with van der Waals surface area (Å²) in [5.41, 5.74) is 1.03. The van der Waals surface area contributed by atoms with Gasteiger partial charge in [-0.15, -0.1) is 11.3 Å². The number of rotatable bonds is 6. The van der Waals surface area contributed by atoms with Crippen LogP contribution in [-0.4, -0.2) is 35.2 Å². The molecule has 1 rings (SSSR count). The van der Waals surface area contributed by atoms with E-state index in [2.05, 4.69) is 6.07 Å². The third kappa shape index (κ3) is 4.21. The largest absolute Gasteiger partial charge is 0.481 e. The topological polar surface area (TPSA) is 102 Å². The third-order valence-corrected chi connectivity index (χ3v) is 4.26. The zero-order valence-electron chi connectivity index (χ0n) is 13.1. The number of anilines is 1. The molecule has 0 amide bonds. The normalized spacial score (nSPS) is 12.5. The van der Waals surface area contributed by atoms with Crippen molar-refractivity contribution in [2.45, 2.75) is 33.1 Å². The summed E-state index contributed by atoms with van der Waals surface area (Å²) in [4.78, 5) is 23.6. The van der Waals surface area contributed by atoms with E-state index >= 15 is 0 Å². The van der Waals surface area contributed by atoms with Crippen LogP contribution in [0.4, 0.5) is 5.00 Å². The fourth-order valence-electron chi connectivity index (χ4n) is 2.03. The highest BCUT2D eigenvalue weighted by atomic mass is 32.1. The molecule has 0 saturated carbocycles. The minimum atomic E-state index is -1.06. The maximum Gasteiger partial charge on any atom is 0.323 e. The Bertz CT molecular complexity index is 610. The first kappa shape index (κ1) is 18.0. The van der Waals surface area contributed by atoms with Gasteiger partial charge >= 0.3 is 11.9 Å². The van der Waals surface area contributed by atoms with Crippen molar-refractivity contribution >= 4 is 28.3 Å². The van der Waals surface area contributed by atoms with Crippen LogP contribution in [0.2, 0.25) is 0 Å². The standard InChI is InChI=1S/C15H20N2O4S/c1-9(14(20)21)6-17(7-12(18)19)13-10(5-16)11(8-22-13)15(2,3)4/h8-9H,6-7H2,1-4H3,(H,18,19)(H,20,21). The molecule has 1 unspecified atom stereocenters. The summed E-state index contributed by atoms with van der Waals surface area (Å²) in [7, 11) is 0. The van der Waals surface area contributed by atoms with E-state index in [1.165, 1.54) is 23.2 Å². The van der Waals surface area contributed by atoms with Crippen LogP contribution in [0.25, 0.3) is 0 Å². The average Bonchev–Trinajstić information content (AvgIpc) is 2.80. The van der Waals surface area contributed by atoms with E-state index in [1.54, 1.807) is 0 Å². The number of thiophene rings is 1. The number of carbonyl (C=O) groups is 2. The van der Waals surface area contributed by atoms with Crippen LogP contribution in [0.3, 0.4) is 0 Å². The summed E-state index contributed by atoms with van der Waals surface area (Å²) in [6.07, 6.45) is 0. The molecular formula is C15H20N2O4S. The van der Waals surface area contributed by atoms with Gasteiger partial charge in [0.15, 0.2) is 0 Å². The van der Waals surface area contributed by atoms with Crippen LogP contribution in [0, 0.1) is 17.2 Å². The quantitative estimate of drug-likeness (QED) is 0.833.